The van der Waals surface area contributed by atoms with Crippen molar-refractivity contribution >= 4 is 35.8 Å². The summed E-state index contributed by atoms with van der Waals surface area (Å²) in [5, 5.41) is 9.60. The molecule has 1 unspecified atom stereocenters. The Morgan fingerprint density at radius 1 is 1.07 bits per heavy atom. The summed E-state index contributed by atoms with van der Waals surface area (Å²) < 4.78 is 0. The third kappa shape index (κ3) is 8.43. The number of benzene rings is 2. The van der Waals surface area contributed by atoms with Crippen molar-refractivity contribution in [2.75, 3.05) is 20.1 Å². The largest absolute Gasteiger partial charge is 0.356 e. The van der Waals surface area contributed by atoms with Gasteiger partial charge in [0, 0.05) is 32.2 Å². The highest BCUT2D eigenvalue weighted by atomic mass is 127. The van der Waals surface area contributed by atoms with Crippen molar-refractivity contribution in [1.82, 2.24) is 16.0 Å². The van der Waals surface area contributed by atoms with Crippen LogP contribution in [-0.4, -0.2) is 32.0 Å². The molecule has 0 saturated heterocycles. The second kappa shape index (κ2) is 13.2. The molecule has 0 heterocycles. The zero-order valence-corrected chi connectivity index (χ0v) is 20.1. The highest BCUT2D eigenvalue weighted by molar-refractivity contribution is 14.0. The standard InChI is InChI=1S/C23H32N4O.HI/c1-5-13-25-22(28)21-8-6-7-19(14-21)16-27-23(24-4)26-15-18(3)20-11-9-17(2)10-12-20;/h6-12,14,18H,5,13,15-16H2,1-4H3,(H,25,28)(H2,24,26,27);1H. The first-order valence-corrected chi connectivity index (χ1v) is 9.91. The lowest BCUT2D eigenvalue weighted by molar-refractivity contribution is 0.0953. The molecule has 0 bridgehead atoms. The molecular weight excluding hydrogens is 475 g/mol. The molecule has 3 N–H and O–H groups in total. The normalized spacial score (nSPS) is 11.9. The van der Waals surface area contributed by atoms with Crippen molar-refractivity contribution in [2.24, 2.45) is 4.99 Å². The molecule has 0 aliphatic rings. The van der Waals surface area contributed by atoms with Crippen LogP contribution < -0.4 is 16.0 Å². The second-order valence-electron chi connectivity index (χ2n) is 7.07. The van der Waals surface area contributed by atoms with Crippen molar-refractivity contribution in [2.45, 2.75) is 39.7 Å². The molecule has 0 saturated carbocycles. The lowest BCUT2D eigenvalue weighted by Crippen LogP contribution is -2.38. The Morgan fingerprint density at radius 2 is 1.79 bits per heavy atom. The summed E-state index contributed by atoms with van der Waals surface area (Å²) in [7, 11) is 1.76. The van der Waals surface area contributed by atoms with Crippen LogP contribution in [0, 0.1) is 6.92 Å². The Labute approximate surface area is 191 Å². The Bertz CT molecular complexity index is 790. The van der Waals surface area contributed by atoms with Gasteiger partial charge in [-0.05, 0) is 42.5 Å². The summed E-state index contributed by atoms with van der Waals surface area (Å²) in [5.74, 6) is 1.10. The van der Waals surface area contributed by atoms with E-state index in [1.807, 2.05) is 31.2 Å². The van der Waals surface area contributed by atoms with E-state index in [4.69, 9.17) is 0 Å². The zero-order chi connectivity index (χ0) is 20.4. The van der Waals surface area contributed by atoms with Crippen molar-refractivity contribution in [1.29, 1.82) is 0 Å². The minimum Gasteiger partial charge on any atom is -0.356 e. The van der Waals surface area contributed by atoms with Crippen LogP contribution >= 0.6 is 24.0 Å². The van der Waals surface area contributed by atoms with Crippen LogP contribution in [0.1, 0.15) is 53.2 Å². The number of aryl methyl sites for hydroxylation is 1. The molecule has 2 aromatic carbocycles. The van der Waals surface area contributed by atoms with Gasteiger partial charge in [-0.1, -0.05) is 55.8 Å². The van der Waals surface area contributed by atoms with E-state index in [2.05, 4.69) is 59.1 Å². The van der Waals surface area contributed by atoms with Crippen LogP contribution in [0.2, 0.25) is 0 Å². The first-order valence-electron chi connectivity index (χ1n) is 9.91. The van der Waals surface area contributed by atoms with Crippen LogP contribution in [0.15, 0.2) is 53.5 Å². The molecule has 2 rings (SSSR count). The molecule has 5 nitrogen and oxygen atoms in total. The Hall–Kier alpha value is -2.09. The van der Waals surface area contributed by atoms with Crippen LogP contribution in [0.5, 0.6) is 0 Å². The summed E-state index contributed by atoms with van der Waals surface area (Å²) in [5.41, 5.74) is 4.30. The Morgan fingerprint density at radius 3 is 2.45 bits per heavy atom. The SMILES string of the molecule is CCCNC(=O)c1cccc(CNC(=NC)NCC(C)c2ccc(C)cc2)c1.I. The van der Waals surface area contributed by atoms with Gasteiger partial charge in [0.25, 0.3) is 5.91 Å². The van der Waals surface area contributed by atoms with E-state index in [-0.39, 0.29) is 29.9 Å². The number of nitrogens with zero attached hydrogens (tertiary/aromatic N) is 1. The maximum atomic E-state index is 12.1. The fraction of sp³-hybridized carbons (Fsp3) is 0.391. The number of guanidine groups is 1. The number of rotatable bonds is 8. The van der Waals surface area contributed by atoms with Crippen molar-refractivity contribution < 1.29 is 4.79 Å². The van der Waals surface area contributed by atoms with Gasteiger partial charge in [0.2, 0.25) is 0 Å². The zero-order valence-electron chi connectivity index (χ0n) is 17.8. The molecule has 158 valence electrons. The maximum Gasteiger partial charge on any atom is 0.251 e. The highest BCUT2D eigenvalue weighted by Gasteiger charge is 2.08. The van der Waals surface area contributed by atoms with E-state index in [1.54, 1.807) is 7.05 Å². The van der Waals surface area contributed by atoms with Crippen molar-refractivity contribution in [3.8, 4) is 0 Å². The van der Waals surface area contributed by atoms with Crippen LogP contribution in [-0.2, 0) is 6.54 Å². The molecule has 1 atom stereocenters. The van der Waals surface area contributed by atoms with Crippen LogP contribution in [0.3, 0.4) is 0 Å². The number of nitrogens with one attached hydrogen (secondary N) is 3. The molecule has 29 heavy (non-hydrogen) atoms. The molecule has 0 aliphatic heterocycles. The summed E-state index contributed by atoms with van der Waals surface area (Å²) in [6, 6.07) is 16.3. The molecule has 6 heteroatoms. The summed E-state index contributed by atoms with van der Waals surface area (Å²) in [6.45, 7) is 8.43. The van der Waals surface area contributed by atoms with Gasteiger partial charge in [-0.3, -0.25) is 9.79 Å². The maximum absolute atomic E-state index is 12.1. The number of carbonyl (C=O) groups is 1. The van der Waals surface area contributed by atoms with Crippen molar-refractivity contribution in [3.05, 3.63) is 70.8 Å². The lowest BCUT2D eigenvalue weighted by Gasteiger charge is -2.17. The average molecular weight is 508 g/mol. The third-order valence-electron chi connectivity index (χ3n) is 4.63. The lowest BCUT2D eigenvalue weighted by atomic mass is 10.0. The molecule has 1 amide bonds. The topological polar surface area (TPSA) is 65.5 Å². The Balaban J connectivity index is 0.00000420. The predicted octanol–water partition coefficient (Wildman–Crippen LogP) is 4.22. The van der Waals surface area contributed by atoms with Gasteiger partial charge in [0.1, 0.15) is 0 Å². The van der Waals surface area contributed by atoms with E-state index >= 15 is 0 Å². The average Bonchev–Trinajstić information content (AvgIpc) is 2.72. The summed E-state index contributed by atoms with van der Waals surface area (Å²) in [6.07, 6.45) is 0.927. The van der Waals surface area contributed by atoms with Crippen LogP contribution in [0.25, 0.3) is 0 Å². The molecule has 0 aromatic heterocycles. The first kappa shape index (κ1) is 24.9. The minimum atomic E-state index is -0.0295. The number of hydrogen-bond acceptors (Lipinski definition) is 2. The Kier molecular flexibility index (Phi) is 11.3. The smallest absolute Gasteiger partial charge is 0.251 e. The number of amides is 1. The monoisotopic (exact) mass is 508 g/mol. The third-order valence-corrected chi connectivity index (χ3v) is 4.63. The molecule has 0 radical (unpaired) electrons. The van der Waals surface area contributed by atoms with E-state index in [9.17, 15) is 4.79 Å². The number of aliphatic imine (C=N–C) groups is 1. The molecular formula is C23H33IN4O. The van der Waals surface area contributed by atoms with Gasteiger partial charge >= 0.3 is 0 Å². The molecule has 0 fully saturated rings. The van der Waals surface area contributed by atoms with E-state index in [1.165, 1.54) is 11.1 Å². The summed E-state index contributed by atoms with van der Waals surface area (Å²) >= 11 is 0. The quantitative estimate of drug-likeness (QED) is 0.284. The molecule has 2 aromatic rings. The van der Waals surface area contributed by atoms with E-state index in [0.29, 0.717) is 24.6 Å². The van der Waals surface area contributed by atoms with Crippen molar-refractivity contribution in [3.63, 3.8) is 0 Å². The van der Waals surface area contributed by atoms with Gasteiger partial charge in [0.15, 0.2) is 5.96 Å². The van der Waals surface area contributed by atoms with E-state index < -0.39 is 0 Å². The highest BCUT2D eigenvalue weighted by Crippen LogP contribution is 2.14. The number of carbonyl (C=O) groups excluding carboxylic acids is 1. The minimum absolute atomic E-state index is 0. The predicted molar refractivity (Wildman–Crippen MR) is 132 cm³/mol. The first-order chi connectivity index (χ1) is 13.5. The molecule has 0 aliphatic carbocycles. The van der Waals surface area contributed by atoms with Gasteiger partial charge in [0.05, 0.1) is 0 Å². The van der Waals surface area contributed by atoms with Gasteiger partial charge in [-0.15, -0.1) is 24.0 Å². The second-order valence-corrected chi connectivity index (χ2v) is 7.07. The number of hydrogen-bond donors (Lipinski definition) is 3. The number of halogens is 1. The summed E-state index contributed by atoms with van der Waals surface area (Å²) in [4.78, 5) is 16.4. The molecule has 0 spiro atoms. The van der Waals surface area contributed by atoms with Gasteiger partial charge < -0.3 is 16.0 Å². The van der Waals surface area contributed by atoms with Gasteiger partial charge in [-0.25, -0.2) is 0 Å². The van der Waals surface area contributed by atoms with Crippen LogP contribution in [0.4, 0.5) is 0 Å². The fourth-order valence-electron chi connectivity index (χ4n) is 2.83. The van der Waals surface area contributed by atoms with Gasteiger partial charge in [-0.2, -0.15) is 0 Å². The van der Waals surface area contributed by atoms with E-state index in [0.717, 1.165) is 24.5 Å². The fourth-order valence-corrected chi connectivity index (χ4v) is 2.83.